The number of piperazine rings is 1. The highest BCUT2D eigenvalue weighted by molar-refractivity contribution is 5.20. The van der Waals surface area contributed by atoms with Gasteiger partial charge < -0.3 is 11.1 Å². The zero-order valence-electron chi connectivity index (χ0n) is 11.3. The topological polar surface area (TPSA) is 41.3 Å². The molecular weight excluding hydrogens is 248 g/mol. The number of rotatable bonds is 4. The number of benzene rings is 1. The molecule has 0 saturated carbocycles. The average molecular weight is 269 g/mol. The van der Waals surface area contributed by atoms with Crippen molar-refractivity contribution < 1.29 is 8.78 Å². The van der Waals surface area contributed by atoms with Gasteiger partial charge in [0.05, 0.1) is 0 Å². The van der Waals surface area contributed by atoms with Crippen LogP contribution in [-0.2, 0) is 6.42 Å². The van der Waals surface area contributed by atoms with E-state index in [1.54, 1.807) is 6.07 Å². The van der Waals surface area contributed by atoms with Crippen LogP contribution in [0.4, 0.5) is 8.78 Å². The molecule has 1 fully saturated rings. The molecule has 1 aliphatic heterocycles. The third kappa shape index (κ3) is 3.29. The average Bonchev–Trinajstić information content (AvgIpc) is 2.44. The van der Waals surface area contributed by atoms with Gasteiger partial charge in [0.2, 0.25) is 0 Å². The SMILES string of the molecule is CC(CN)(Cc1ccc(F)c(F)c1)N1CCNCC1. The van der Waals surface area contributed by atoms with Gasteiger partial charge >= 0.3 is 0 Å². The van der Waals surface area contributed by atoms with Crippen LogP contribution < -0.4 is 11.1 Å². The fourth-order valence-electron chi connectivity index (χ4n) is 2.61. The molecule has 1 aromatic carbocycles. The lowest BCUT2D eigenvalue weighted by Gasteiger charge is -2.43. The molecule has 0 bridgehead atoms. The van der Waals surface area contributed by atoms with Gasteiger partial charge in [0, 0.05) is 38.3 Å². The summed E-state index contributed by atoms with van der Waals surface area (Å²) in [6, 6.07) is 4.08. The van der Waals surface area contributed by atoms with E-state index in [4.69, 9.17) is 5.73 Å². The standard InChI is InChI=1S/C14H21F2N3/c1-14(10-17,19-6-4-18-5-7-19)9-11-2-3-12(15)13(16)8-11/h2-3,8,18H,4-7,9-10,17H2,1H3. The number of halogens is 2. The number of nitrogens with zero attached hydrogens (tertiary/aromatic N) is 1. The second-order valence-electron chi connectivity index (χ2n) is 5.36. The molecule has 1 unspecified atom stereocenters. The molecule has 0 aromatic heterocycles. The summed E-state index contributed by atoms with van der Waals surface area (Å²) in [6.07, 6.45) is 0.626. The summed E-state index contributed by atoms with van der Waals surface area (Å²) in [4.78, 5) is 2.32. The summed E-state index contributed by atoms with van der Waals surface area (Å²) in [5, 5.41) is 3.30. The normalized spacial score (nSPS) is 20.2. The first-order valence-corrected chi connectivity index (χ1v) is 6.65. The molecule has 1 aromatic rings. The molecule has 0 radical (unpaired) electrons. The van der Waals surface area contributed by atoms with Gasteiger partial charge in [-0.15, -0.1) is 0 Å². The van der Waals surface area contributed by atoms with Gasteiger partial charge in [-0.25, -0.2) is 8.78 Å². The van der Waals surface area contributed by atoms with E-state index < -0.39 is 11.6 Å². The smallest absolute Gasteiger partial charge is 0.159 e. The highest BCUT2D eigenvalue weighted by Crippen LogP contribution is 2.21. The van der Waals surface area contributed by atoms with Crippen molar-refractivity contribution in [1.29, 1.82) is 0 Å². The van der Waals surface area contributed by atoms with Crippen LogP contribution in [0.15, 0.2) is 18.2 Å². The van der Waals surface area contributed by atoms with Gasteiger partial charge in [0.1, 0.15) is 0 Å². The molecule has 1 atom stereocenters. The third-order valence-electron chi connectivity index (χ3n) is 3.89. The summed E-state index contributed by atoms with van der Waals surface area (Å²) in [5.74, 6) is -1.60. The Morgan fingerprint density at radius 1 is 1.26 bits per heavy atom. The van der Waals surface area contributed by atoms with Crippen molar-refractivity contribution in [1.82, 2.24) is 10.2 Å². The van der Waals surface area contributed by atoms with E-state index in [0.717, 1.165) is 31.7 Å². The zero-order valence-corrected chi connectivity index (χ0v) is 11.3. The Bertz CT molecular complexity index is 433. The van der Waals surface area contributed by atoms with Crippen LogP contribution in [0.1, 0.15) is 12.5 Å². The lowest BCUT2D eigenvalue weighted by molar-refractivity contribution is 0.0945. The molecule has 19 heavy (non-hydrogen) atoms. The maximum atomic E-state index is 13.3. The maximum absolute atomic E-state index is 13.3. The molecule has 0 amide bonds. The fraction of sp³-hybridized carbons (Fsp3) is 0.571. The van der Waals surface area contributed by atoms with Crippen LogP contribution in [0.2, 0.25) is 0 Å². The van der Waals surface area contributed by atoms with Crippen LogP contribution in [0.5, 0.6) is 0 Å². The van der Waals surface area contributed by atoms with Gasteiger partial charge in [-0.05, 0) is 31.0 Å². The lowest BCUT2D eigenvalue weighted by atomic mass is 9.90. The van der Waals surface area contributed by atoms with Gasteiger partial charge in [0.15, 0.2) is 11.6 Å². The van der Waals surface area contributed by atoms with Crippen LogP contribution in [0.3, 0.4) is 0 Å². The minimum Gasteiger partial charge on any atom is -0.329 e. The minimum absolute atomic E-state index is 0.216. The monoisotopic (exact) mass is 269 g/mol. The summed E-state index contributed by atoms with van der Waals surface area (Å²) < 4.78 is 26.2. The van der Waals surface area contributed by atoms with Crippen molar-refractivity contribution in [2.45, 2.75) is 18.9 Å². The zero-order chi connectivity index (χ0) is 13.9. The Morgan fingerprint density at radius 3 is 2.53 bits per heavy atom. The van der Waals surface area contributed by atoms with Crippen molar-refractivity contribution in [3.05, 3.63) is 35.4 Å². The fourth-order valence-corrected chi connectivity index (χ4v) is 2.61. The first-order valence-electron chi connectivity index (χ1n) is 6.65. The van der Waals surface area contributed by atoms with Gasteiger partial charge in [-0.3, -0.25) is 4.90 Å². The van der Waals surface area contributed by atoms with Gasteiger partial charge in [-0.1, -0.05) is 6.07 Å². The van der Waals surface area contributed by atoms with Crippen molar-refractivity contribution in [2.75, 3.05) is 32.7 Å². The summed E-state index contributed by atoms with van der Waals surface area (Å²) in [5.41, 5.74) is 6.49. The van der Waals surface area contributed by atoms with Crippen molar-refractivity contribution in [3.63, 3.8) is 0 Å². The summed E-state index contributed by atoms with van der Waals surface area (Å²) in [7, 11) is 0. The highest BCUT2D eigenvalue weighted by Gasteiger charge is 2.31. The highest BCUT2D eigenvalue weighted by atomic mass is 19.2. The van der Waals surface area contributed by atoms with Crippen molar-refractivity contribution >= 4 is 0 Å². The Balaban J connectivity index is 2.14. The van der Waals surface area contributed by atoms with E-state index in [-0.39, 0.29) is 5.54 Å². The summed E-state index contributed by atoms with van der Waals surface area (Å²) in [6.45, 7) is 6.31. The quantitative estimate of drug-likeness (QED) is 0.861. The van der Waals surface area contributed by atoms with E-state index in [2.05, 4.69) is 17.1 Å². The van der Waals surface area contributed by atoms with E-state index in [0.29, 0.717) is 13.0 Å². The molecular formula is C14H21F2N3. The van der Waals surface area contributed by atoms with Crippen LogP contribution in [-0.4, -0.2) is 43.2 Å². The largest absolute Gasteiger partial charge is 0.329 e. The van der Waals surface area contributed by atoms with Gasteiger partial charge in [-0.2, -0.15) is 0 Å². The molecule has 2 rings (SSSR count). The van der Waals surface area contributed by atoms with Crippen molar-refractivity contribution in [2.24, 2.45) is 5.73 Å². The number of hydrogen-bond donors (Lipinski definition) is 2. The molecule has 0 aliphatic carbocycles. The van der Waals surface area contributed by atoms with Crippen molar-refractivity contribution in [3.8, 4) is 0 Å². The first-order chi connectivity index (χ1) is 9.05. The molecule has 106 valence electrons. The van der Waals surface area contributed by atoms with E-state index >= 15 is 0 Å². The Kier molecular flexibility index (Phi) is 4.50. The first kappa shape index (κ1) is 14.4. The second-order valence-corrected chi connectivity index (χ2v) is 5.36. The third-order valence-corrected chi connectivity index (χ3v) is 3.89. The minimum atomic E-state index is -0.805. The predicted octanol–water partition coefficient (Wildman–Crippen LogP) is 1.13. The molecule has 3 nitrogen and oxygen atoms in total. The van der Waals surface area contributed by atoms with Crippen LogP contribution >= 0.6 is 0 Å². The Hall–Kier alpha value is -1.04. The lowest BCUT2D eigenvalue weighted by Crippen LogP contribution is -2.59. The predicted molar refractivity (Wildman–Crippen MR) is 72.0 cm³/mol. The second kappa shape index (κ2) is 5.94. The molecule has 5 heteroatoms. The molecule has 0 spiro atoms. The van der Waals surface area contributed by atoms with E-state index in [1.165, 1.54) is 12.1 Å². The maximum Gasteiger partial charge on any atom is 0.159 e. The molecule has 3 N–H and O–H groups in total. The van der Waals surface area contributed by atoms with Crippen LogP contribution in [0.25, 0.3) is 0 Å². The number of nitrogens with one attached hydrogen (secondary N) is 1. The number of hydrogen-bond acceptors (Lipinski definition) is 3. The molecule has 1 heterocycles. The van der Waals surface area contributed by atoms with E-state index in [1.807, 2.05) is 0 Å². The Labute approximate surface area is 112 Å². The Morgan fingerprint density at radius 2 is 1.95 bits per heavy atom. The molecule has 1 saturated heterocycles. The molecule has 1 aliphatic rings. The summed E-state index contributed by atoms with van der Waals surface area (Å²) >= 11 is 0. The number of nitrogens with two attached hydrogens (primary N) is 1. The van der Waals surface area contributed by atoms with E-state index in [9.17, 15) is 8.78 Å². The van der Waals surface area contributed by atoms with Gasteiger partial charge in [0.25, 0.3) is 0 Å². The van der Waals surface area contributed by atoms with Crippen LogP contribution in [0, 0.1) is 11.6 Å².